The van der Waals surface area contributed by atoms with Crippen molar-refractivity contribution in [2.45, 2.75) is 26.3 Å². The first-order chi connectivity index (χ1) is 9.06. The predicted molar refractivity (Wildman–Crippen MR) is 80.5 cm³/mol. The third-order valence-corrected chi connectivity index (χ3v) is 3.91. The number of thiophene rings is 1. The molecule has 19 heavy (non-hydrogen) atoms. The minimum absolute atomic E-state index is 0.0881. The molecule has 1 heterocycles. The summed E-state index contributed by atoms with van der Waals surface area (Å²) in [5.41, 5.74) is 6.85. The van der Waals surface area contributed by atoms with E-state index in [4.69, 9.17) is 5.73 Å². The van der Waals surface area contributed by atoms with Crippen molar-refractivity contribution in [1.29, 1.82) is 0 Å². The molecule has 3 nitrogen and oxygen atoms in total. The van der Waals surface area contributed by atoms with Crippen LogP contribution in [-0.4, -0.2) is 11.9 Å². The number of nitrogens with two attached hydrogens (primary N) is 1. The Balaban J connectivity index is 1.97. The maximum absolute atomic E-state index is 12.1. The molecule has 0 saturated carbocycles. The molecule has 3 N–H and O–H groups in total. The summed E-state index contributed by atoms with van der Waals surface area (Å²) in [6.45, 7) is 4.09. The van der Waals surface area contributed by atoms with Crippen molar-refractivity contribution >= 4 is 22.9 Å². The number of nitrogens with one attached hydrogen (secondary N) is 1. The largest absolute Gasteiger partial charge is 0.398 e. The molecule has 100 valence electrons. The van der Waals surface area contributed by atoms with E-state index in [0.29, 0.717) is 11.3 Å². The van der Waals surface area contributed by atoms with E-state index in [9.17, 15) is 4.79 Å². The van der Waals surface area contributed by atoms with Gasteiger partial charge in [0.1, 0.15) is 0 Å². The van der Waals surface area contributed by atoms with E-state index in [-0.39, 0.29) is 11.9 Å². The van der Waals surface area contributed by atoms with Crippen LogP contribution in [0.1, 0.15) is 27.0 Å². The van der Waals surface area contributed by atoms with Crippen molar-refractivity contribution in [3.8, 4) is 0 Å². The van der Waals surface area contributed by atoms with Crippen LogP contribution in [0.25, 0.3) is 0 Å². The van der Waals surface area contributed by atoms with Crippen LogP contribution in [0.2, 0.25) is 0 Å². The minimum atomic E-state index is -0.112. The number of carbonyl (C=O) groups is 1. The lowest BCUT2D eigenvalue weighted by Gasteiger charge is -2.13. The minimum Gasteiger partial charge on any atom is -0.398 e. The molecule has 0 aliphatic carbocycles. The molecule has 1 unspecified atom stereocenters. The van der Waals surface area contributed by atoms with Gasteiger partial charge < -0.3 is 11.1 Å². The van der Waals surface area contributed by atoms with Gasteiger partial charge >= 0.3 is 0 Å². The Bertz CT molecular complexity index is 577. The Kier molecular flexibility index (Phi) is 4.22. The number of nitrogen functional groups attached to an aromatic ring is 1. The zero-order valence-electron chi connectivity index (χ0n) is 11.1. The molecular formula is C15H18N2OS. The molecule has 0 spiro atoms. The van der Waals surface area contributed by atoms with Crippen molar-refractivity contribution in [2.75, 3.05) is 5.73 Å². The summed E-state index contributed by atoms with van der Waals surface area (Å²) in [7, 11) is 0. The number of hydrogen-bond acceptors (Lipinski definition) is 3. The molecular weight excluding hydrogens is 256 g/mol. The van der Waals surface area contributed by atoms with Crippen molar-refractivity contribution in [3.63, 3.8) is 0 Å². The fourth-order valence-corrected chi connectivity index (χ4v) is 2.97. The van der Waals surface area contributed by atoms with E-state index >= 15 is 0 Å². The fourth-order valence-electron chi connectivity index (χ4n) is 1.95. The number of carbonyl (C=O) groups excluding carboxylic acids is 1. The Hall–Kier alpha value is -1.81. The predicted octanol–water partition coefficient (Wildman–Crippen LogP) is 3.00. The highest BCUT2D eigenvalue weighted by Crippen LogP contribution is 2.17. The number of benzene rings is 1. The number of aryl methyl sites for hydroxylation is 1. The van der Waals surface area contributed by atoms with Crippen molar-refractivity contribution < 1.29 is 4.79 Å². The van der Waals surface area contributed by atoms with E-state index in [1.807, 2.05) is 19.1 Å². The first kappa shape index (κ1) is 13.6. The van der Waals surface area contributed by atoms with Gasteiger partial charge in [-0.05, 0) is 38.1 Å². The molecule has 1 amide bonds. The zero-order valence-corrected chi connectivity index (χ0v) is 12.0. The van der Waals surface area contributed by atoms with Crippen molar-refractivity contribution in [2.24, 2.45) is 0 Å². The van der Waals surface area contributed by atoms with Gasteiger partial charge in [-0.15, -0.1) is 11.3 Å². The van der Waals surface area contributed by atoms with Gasteiger partial charge in [0.15, 0.2) is 0 Å². The molecule has 1 aromatic heterocycles. The third-order valence-electron chi connectivity index (χ3n) is 2.89. The van der Waals surface area contributed by atoms with Crippen LogP contribution >= 0.6 is 11.3 Å². The second-order valence-electron chi connectivity index (χ2n) is 4.68. The first-order valence-corrected chi connectivity index (χ1v) is 7.08. The monoisotopic (exact) mass is 274 g/mol. The highest BCUT2D eigenvalue weighted by atomic mass is 32.1. The van der Waals surface area contributed by atoms with E-state index < -0.39 is 0 Å². The van der Waals surface area contributed by atoms with Crippen LogP contribution in [0, 0.1) is 6.92 Å². The number of anilines is 1. The Morgan fingerprint density at radius 1 is 1.32 bits per heavy atom. The number of hydrogen-bond donors (Lipinski definition) is 2. The molecule has 1 atom stereocenters. The van der Waals surface area contributed by atoms with Gasteiger partial charge in [0, 0.05) is 27.9 Å². The molecule has 0 aliphatic rings. The molecule has 2 aromatic rings. The average Bonchev–Trinajstić information content (AvgIpc) is 2.74. The fraction of sp³-hybridized carbons (Fsp3) is 0.267. The van der Waals surface area contributed by atoms with Crippen molar-refractivity contribution in [1.82, 2.24) is 5.32 Å². The normalized spacial score (nSPS) is 12.1. The number of amides is 1. The molecule has 2 rings (SSSR count). The van der Waals surface area contributed by atoms with Crippen LogP contribution in [-0.2, 0) is 6.42 Å². The van der Waals surface area contributed by atoms with Gasteiger partial charge in [-0.25, -0.2) is 0 Å². The Labute approximate surface area is 117 Å². The maximum atomic E-state index is 12.1. The quantitative estimate of drug-likeness (QED) is 0.842. The molecule has 0 aliphatic heterocycles. The second-order valence-corrected chi connectivity index (χ2v) is 6.05. The topological polar surface area (TPSA) is 55.1 Å². The van der Waals surface area contributed by atoms with Crippen LogP contribution in [0.15, 0.2) is 36.4 Å². The molecule has 0 bridgehead atoms. The Morgan fingerprint density at radius 2 is 2.05 bits per heavy atom. The maximum Gasteiger partial charge on any atom is 0.253 e. The van der Waals surface area contributed by atoms with Crippen LogP contribution < -0.4 is 11.1 Å². The van der Waals surface area contributed by atoms with E-state index in [0.717, 1.165) is 6.42 Å². The lowest BCUT2D eigenvalue weighted by molar-refractivity contribution is 0.0941. The SMILES string of the molecule is Cc1ccc(CC(C)NC(=O)c2ccccc2N)s1. The van der Waals surface area contributed by atoms with Gasteiger partial charge in [0.05, 0.1) is 5.56 Å². The van der Waals surface area contributed by atoms with Crippen LogP contribution in [0.3, 0.4) is 0 Å². The van der Waals surface area contributed by atoms with Gasteiger partial charge in [0.25, 0.3) is 5.91 Å². The summed E-state index contributed by atoms with van der Waals surface area (Å²) in [5.74, 6) is -0.112. The molecule has 0 radical (unpaired) electrons. The van der Waals surface area contributed by atoms with Crippen LogP contribution in [0.4, 0.5) is 5.69 Å². The molecule has 0 saturated heterocycles. The molecule has 0 fully saturated rings. The number of rotatable bonds is 4. The second kappa shape index (κ2) is 5.89. The van der Waals surface area contributed by atoms with Gasteiger partial charge in [0.2, 0.25) is 0 Å². The van der Waals surface area contributed by atoms with Gasteiger partial charge in [-0.1, -0.05) is 12.1 Å². The average molecular weight is 274 g/mol. The summed E-state index contributed by atoms with van der Waals surface area (Å²) >= 11 is 1.77. The van der Waals surface area contributed by atoms with E-state index in [2.05, 4.69) is 24.4 Å². The summed E-state index contributed by atoms with van der Waals surface area (Å²) in [5, 5.41) is 2.98. The molecule has 1 aromatic carbocycles. The lowest BCUT2D eigenvalue weighted by atomic mass is 10.1. The Morgan fingerprint density at radius 3 is 2.68 bits per heavy atom. The molecule has 4 heteroatoms. The zero-order chi connectivity index (χ0) is 13.8. The summed E-state index contributed by atoms with van der Waals surface area (Å²) in [6.07, 6.45) is 0.844. The van der Waals surface area contributed by atoms with Crippen LogP contribution in [0.5, 0.6) is 0 Å². The van der Waals surface area contributed by atoms with Crippen molar-refractivity contribution in [3.05, 3.63) is 51.7 Å². The standard InChI is InChI=1S/C15H18N2OS/c1-10(9-12-8-7-11(2)19-12)17-15(18)13-5-3-4-6-14(13)16/h3-8,10H,9,16H2,1-2H3,(H,17,18). The van der Waals surface area contributed by atoms with Gasteiger partial charge in [-0.2, -0.15) is 0 Å². The van der Waals surface area contributed by atoms with E-state index in [1.54, 1.807) is 23.5 Å². The first-order valence-electron chi connectivity index (χ1n) is 6.27. The summed E-state index contributed by atoms with van der Waals surface area (Å²) in [4.78, 5) is 14.7. The smallest absolute Gasteiger partial charge is 0.253 e. The number of para-hydroxylation sites is 1. The summed E-state index contributed by atoms with van der Waals surface area (Å²) < 4.78 is 0. The third kappa shape index (κ3) is 3.58. The highest BCUT2D eigenvalue weighted by Gasteiger charge is 2.12. The van der Waals surface area contributed by atoms with E-state index in [1.165, 1.54) is 9.75 Å². The summed E-state index contributed by atoms with van der Waals surface area (Å²) in [6, 6.07) is 11.4. The van der Waals surface area contributed by atoms with Gasteiger partial charge in [-0.3, -0.25) is 4.79 Å². The lowest BCUT2D eigenvalue weighted by Crippen LogP contribution is -2.34. The highest BCUT2D eigenvalue weighted by molar-refractivity contribution is 7.11.